The van der Waals surface area contributed by atoms with Gasteiger partial charge in [0.25, 0.3) is 5.91 Å². The molecule has 0 saturated heterocycles. The van der Waals surface area contributed by atoms with E-state index in [2.05, 4.69) is 16.4 Å². The minimum Gasteiger partial charge on any atom is -0.361 e. The van der Waals surface area contributed by atoms with Crippen LogP contribution >= 0.6 is 11.6 Å². The van der Waals surface area contributed by atoms with Crippen molar-refractivity contribution < 1.29 is 9.18 Å². The summed E-state index contributed by atoms with van der Waals surface area (Å²) in [6, 6.07) is 24.0. The van der Waals surface area contributed by atoms with E-state index in [4.69, 9.17) is 11.6 Å². The van der Waals surface area contributed by atoms with Crippen molar-refractivity contribution in [2.75, 3.05) is 6.54 Å². The van der Waals surface area contributed by atoms with Gasteiger partial charge in [-0.3, -0.25) is 4.79 Å². The molecule has 0 saturated carbocycles. The van der Waals surface area contributed by atoms with Gasteiger partial charge in [-0.05, 0) is 67.4 Å². The maximum Gasteiger partial charge on any atom is 0.253 e. The molecule has 5 rings (SSSR count). The van der Waals surface area contributed by atoms with Crippen molar-refractivity contribution in [1.82, 2.24) is 14.9 Å². The normalized spacial score (nSPS) is 12.1. The topological polar surface area (TPSA) is 49.8 Å². The van der Waals surface area contributed by atoms with Gasteiger partial charge in [-0.15, -0.1) is 0 Å². The van der Waals surface area contributed by atoms with E-state index in [-0.39, 0.29) is 17.6 Å². The zero-order valence-corrected chi connectivity index (χ0v) is 20.2. The highest BCUT2D eigenvalue weighted by Crippen LogP contribution is 2.34. The standard InChI is InChI=1S/C29H25ClFN3O/c1-18-15-24(19(2)34(18)21-13-11-20(31)12-14-21)29(35)33-17-25(22-7-3-5-9-27(22)30)26-16-32-28-10-6-4-8-23(26)28/h3-16,25,32H,17H2,1-2H3,(H,33,35)/t25-/m1/s1. The van der Waals surface area contributed by atoms with E-state index in [0.29, 0.717) is 17.1 Å². The van der Waals surface area contributed by atoms with Gasteiger partial charge in [-0.25, -0.2) is 4.39 Å². The number of para-hydroxylation sites is 1. The zero-order chi connectivity index (χ0) is 24.5. The van der Waals surface area contributed by atoms with Crippen LogP contribution < -0.4 is 5.32 Å². The third kappa shape index (κ3) is 4.35. The molecule has 0 aliphatic carbocycles. The number of carbonyl (C=O) groups excluding carboxylic acids is 1. The first-order valence-corrected chi connectivity index (χ1v) is 11.9. The van der Waals surface area contributed by atoms with Crippen LogP contribution in [0.25, 0.3) is 16.6 Å². The molecule has 0 bridgehead atoms. The zero-order valence-electron chi connectivity index (χ0n) is 19.5. The lowest BCUT2D eigenvalue weighted by atomic mass is 9.90. The van der Waals surface area contributed by atoms with Crippen LogP contribution in [0, 0.1) is 19.7 Å². The number of hydrogen-bond acceptors (Lipinski definition) is 1. The fraction of sp³-hybridized carbons (Fsp3) is 0.138. The Kier molecular flexibility index (Phi) is 6.18. The van der Waals surface area contributed by atoms with Gasteiger partial charge in [0.1, 0.15) is 5.82 Å². The summed E-state index contributed by atoms with van der Waals surface area (Å²) in [4.78, 5) is 16.7. The van der Waals surface area contributed by atoms with E-state index in [1.54, 1.807) is 12.1 Å². The highest BCUT2D eigenvalue weighted by Gasteiger charge is 2.23. The molecule has 0 radical (unpaired) electrons. The van der Waals surface area contributed by atoms with Gasteiger partial charge < -0.3 is 14.9 Å². The molecular weight excluding hydrogens is 461 g/mol. The van der Waals surface area contributed by atoms with Crippen molar-refractivity contribution in [3.8, 4) is 5.69 Å². The second-order valence-corrected chi connectivity index (χ2v) is 9.08. The first-order chi connectivity index (χ1) is 16.9. The van der Waals surface area contributed by atoms with E-state index in [0.717, 1.165) is 39.1 Å². The number of benzene rings is 3. The number of aromatic amines is 1. The summed E-state index contributed by atoms with van der Waals surface area (Å²) >= 11 is 6.59. The Bertz CT molecular complexity index is 1520. The summed E-state index contributed by atoms with van der Waals surface area (Å²) < 4.78 is 15.4. The van der Waals surface area contributed by atoms with Crippen LogP contribution in [-0.4, -0.2) is 22.0 Å². The third-order valence-corrected chi connectivity index (χ3v) is 6.85. The monoisotopic (exact) mass is 485 g/mol. The predicted octanol–water partition coefficient (Wildman–Crippen LogP) is 6.93. The van der Waals surface area contributed by atoms with Gasteiger partial charge >= 0.3 is 0 Å². The van der Waals surface area contributed by atoms with E-state index in [1.165, 1.54) is 12.1 Å². The highest BCUT2D eigenvalue weighted by molar-refractivity contribution is 6.31. The summed E-state index contributed by atoms with van der Waals surface area (Å²) in [7, 11) is 0. The summed E-state index contributed by atoms with van der Waals surface area (Å²) in [6.07, 6.45) is 1.99. The Labute approximate surface area is 208 Å². The molecule has 0 unspecified atom stereocenters. The first-order valence-electron chi connectivity index (χ1n) is 11.5. The number of aryl methyl sites for hydroxylation is 1. The number of aromatic nitrogens is 2. The lowest BCUT2D eigenvalue weighted by molar-refractivity contribution is 0.0952. The van der Waals surface area contributed by atoms with E-state index >= 15 is 0 Å². The van der Waals surface area contributed by atoms with E-state index in [9.17, 15) is 9.18 Å². The summed E-state index contributed by atoms with van der Waals surface area (Å²) in [5, 5.41) is 4.89. The van der Waals surface area contributed by atoms with Crippen LogP contribution in [0.4, 0.5) is 4.39 Å². The van der Waals surface area contributed by atoms with Crippen molar-refractivity contribution in [2.45, 2.75) is 19.8 Å². The van der Waals surface area contributed by atoms with E-state index in [1.807, 2.05) is 73.1 Å². The molecule has 1 atom stereocenters. The van der Waals surface area contributed by atoms with Gasteiger partial charge in [0.05, 0.1) is 5.56 Å². The van der Waals surface area contributed by atoms with Crippen molar-refractivity contribution in [3.63, 3.8) is 0 Å². The molecular formula is C29H25ClFN3O. The van der Waals surface area contributed by atoms with Gasteiger partial charge in [-0.2, -0.15) is 0 Å². The fourth-order valence-electron chi connectivity index (χ4n) is 4.80. The Morgan fingerprint density at radius 1 is 1.00 bits per heavy atom. The molecule has 2 aromatic heterocycles. The maximum absolute atomic E-state index is 13.4. The number of rotatable bonds is 6. The second-order valence-electron chi connectivity index (χ2n) is 8.67. The van der Waals surface area contributed by atoms with Crippen molar-refractivity contribution in [2.24, 2.45) is 0 Å². The molecule has 2 N–H and O–H groups in total. The molecule has 0 aliphatic heterocycles. The van der Waals surface area contributed by atoms with Crippen LogP contribution in [0.5, 0.6) is 0 Å². The van der Waals surface area contributed by atoms with Crippen LogP contribution in [0.2, 0.25) is 5.02 Å². The van der Waals surface area contributed by atoms with Gasteiger partial charge in [-0.1, -0.05) is 48.0 Å². The molecule has 0 aliphatic rings. The quantitative estimate of drug-likeness (QED) is 0.269. The number of halogens is 2. The lowest BCUT2D eigenvalue weighted by Crippen LogP contribution is -2.29. The lowest BCUT2D eigenvalue weighted by Gasteiger charge is -2.19. The number of nitrogens with one attached hydrogen (secondary N) is 2. The van der Waals surface area contributed by atoms with Crippen LogP contribution in [-0.2, 0) is 0 Å². The Morgan fingerprint density at radius 3 is 2.49 bits per heavy atom. The molecule has 5 aromatic rings. The smallest absolute Gasteiger partial charge is 0.253 e. The van der Waals surface area contributed by atoms with Gasteiger partial charge in [0.2, 0.25) is 0 Å². The minimum atomic E-state index is -0.294. The highest BCUT2D eigenvalue weighted by atomic mass is 35.5. The van der Waals surface area contributed by atoms with E-state index < -0.39 is 0 Å². The average molecular weight is 486 g/mol. The Balaban J connectivity index is 1.46. The SMILES string of the molecule is Cc1cc(C(=O)NC[C@H](c2ccccc2Cl)c2c[nH]c3ccccc23)c(C)n1-c1ccc(F)cc1. The van der Waals surface area contributed by atoms with Crippen molar-refractivity contribution >= 4 is 28.4 Å². The maximum atomic E-state index is 13.4. The second kappa shape index (κ2) is 9.43. The van der Waals surface area contributed by atoms with Gasteiger partial charge in [0, 0.05) is 51.7 Å². The third-order valence-electron chi connectivity index (χ3n) is 6.50. The van der Waals surface area contributed by atoms with Crippen LogP contribution in [0.3, 0.4) is 0 Å². The minimum absolute atomic E-state index is 0.135. The number of H-pyrrole nitrogens is 1. The molecule has 0 spiro atoms. The molecule has 2 heterocycles. The van der Waals surface area contributed by atoms with Gasteiger partial charge in [0.15, 0.2) is 0 Å². The molecule has 1 amide bonds. The molecule has 3 aromatic carbocycles. The number of amides is 1. The molecule has 0 fully saturated rings. The van der Waals surface area contributed by atoms with Crippen molar-refractivity contribution in [3.05, 3.63) is 124 Å². The number of hydrogen-bond donors (Lipinski definition) is 2. The molecule has 176 valence electrons. The largest absolute Gasteiger partial charge is 0.361 e. The molecule has 6 heteroatoms. The average Bonchev–Trinajstić information content (AvgIpc) is 3.41. The molecule has 35 heavy (non-hydrogen) atoms. The molecule has 4 nitrogen and oxygen atoms in total. The Hall–Kier alpha value is -3.83. The predicted molar refractivity (Wildman–Crippen MR) is 139 cm³/mol. The number of nitrogens with zero attached hydrogens (tertiary/aromatic N) is 1. The van der Waals surface area contributed by atoms with Crippen LogP contribution in [0.1, 0.15) is 38.8 Å². The summed E-state index contributed by atoms with van der Waals surface area (Å²) in [5.41, 5.74) is 6.17. The summed E-state index contributed by atoms with van der Waals surface area (Å²) in [6.45, 7) is 4.22. The first kappa shape index (κ1) is 22.9. The fourth-order valence-corrected chi connectivity index (χ4v) is 5.06. The van der Waals surface area contributed by atoms with Crippen LogP contribution in [0.15, 0.2) is 85.1 Å². The Morgan fingerprint density at radius 2 is 1.71 bits per heavy atom. The summed E-state index contributed by atoms with van der Waals surface area (Å²) in [5.74, 6) is -0.593. The van der Waals surface area contributed by atoms with Crippen molar-refractivity contribution in [1.29, 1.82) is 0 Å². The number of carbonyl (C=O) groups is 1. The number of fused-ring (bicyclic) bond motifs is 1.